The summed E-state index contributed by atoms with van der Waals surface area (Å²) in [5.41, 5.74) is 1.06. The number of hydrogen-bond acceptors (Lipinski definition) is 10. The monoisotopic (exact) mass is 618 g/mol. The first-order valence-electron chi connectivity index (χ1n) is 14.4. The third kappa shape index (κ3) is 10.7. The molecule has 2 aliphatic rings. The van der Waals surface area contributed by atoms with E-state index in [1.165, 1.54) is 16.8 Å². The fourth-order valence-electron chi connectivity index (χ4n) is 5.10. The topological polar surface area (TPSA) is 176 Å². The maximum absolute atomic E-state index is 10.3. The van der Waals surface area contributed by atoms with Gasteiger partial charge in [-0.3, -0.25) is 14.5 Å². The Morgan fingerprint density at radius 3 is 2.00 bits per heavy atom. The number of hydrogen-bond donors (Lipinski definition) is 4. The minimum Gasteiger partial charge on any atom is -0.493 e. The highest BCUT2D eigenvalue weighted by atomic mass is 16.5. The Hall–Kier alpha value is -3.91. The quantitative estimate of drug-likeness (QED) is 0.243. The van der Waals surface area contributed by atoms with Gasteiger partial charge in [0.25, 0.3) is 0 Å². The van der Waals surface area contributed by atoms with Crippen LogP contribution in [0.5, 0.6) is 11.5 Å². The third-order valence-corrected chi connectivity index (χ3v) is 7.34. The summed E-state index contributed by atoms with van der Waals surface area (Å²) in [4.78, 5) is 35.3. The number of carboxylic acid groups (broad SMARTS) is 3. The number of anilines is 1. The Morgan fingerprint density at radius 2 is 1.48 bits per heavy atom. The lowest BCUT2D eigenvalue weighted by molar-refractivity contribution is -0.170. The van der Waals surface area contributed by atoms with Crippen molar-refractivity contribution in [3.05, 3.63) is 53.6 Å². The molecule has 2 fully saturated rings. The molecule has 1 atom stereocenters. The number of rotatable bonds is 14. The SMILES string of the molecule is COc1ccc(CN(Cc2ccc(N3CCOCC3)cc2)CC2CCCO2)cc1OC.O=C(O)CC(O)(CC(=O)O)C(=O)O. The van der Waals surface area contributed by atoms with E-state index >= 15 is 0 Å². The molecule has 2 saturated heterocycles. The molecule has 44 heavy (non-hydrogen) atoms. The third-order valence-electron chi connectivity index (χ3n) is 7.34. The lowest BCUT2D eigenvalue weighted by atomic mass is 9.96. The van der Waals surface area contributed by atoms with Crippen molar-refractivity contribution in [2.24, 2.45) is 0 Å². The van der Waals surface area contributed by atoms with Crippen molar-refractivity contribution in [3.63, 3.8) is 0 Å². The van der Waals surface area contributed by atoms with Gasteiger partial charge in [0.2, 0.25) is 0 Å². The Morgan fingerprint density at radius 1 is 0.886 bits per heavy atom. The molecule has 0 aromatic heterocycles. The van der Waals surface area contributed by atoms with Gasteiger partial charge in [0.1, 0.15) is 0 Å². The maximum atomic E-state index is 10.3. The number of carboxylic acids is 3. The van der Waals surface area contributed by atoms with Crippen molar-refractivity contribution in [1.82, 2.24) is 4.90 Å². The molecular weight excluding hydrogens is 576 g/mol. The first-order chi connectivity index (χ1) is 21.0. The molecule has 0 saturated carbocycles. The molecule has 2 aromatic rings. The van der Waals surface area contributed by atoms with Gasteiger partial charge < -0.3 is 44.3 Å². The number of ether oxygens (including phenoxy) is 4. The summed E-state index contributed by atoms with van der Waals surface area (Å²) in [6.45, 7) is 7.07. The van der Waals surface area contributed by atoms with Crippen LogP contribution in [0.2, 0.25) is 0 Å². The zero-order valence-corrected chi connectivity index (χ0v) is 25.1. The highest BCUT2D eigenvalue weighted by molar-refractivity contribution is 5.88. The Labute approximate surface area is 256 Å². The summed E-state index contributed by atoms with van der Waals surface area (Å²) in [5, 5.41) is 33.8. The van der Waals surface area contributed by atoms with E-state index in [1.807, 2.05) is 6.07 Å². The number of aliphatic hydroxyl groups is 1. The summed E-state index contributed by atoms with van der Waals surface area (Å²) < 4.78 is 22.3. The predicted molar refractivity (Wildman–Crippen MR) is 159 cm³/mol. The zero-order valence-electron chi connectivity index (χ0n) is 25.1. The summed E-state index contributed by atoms with van der Waals surface area (Å²) in [7, 11) is 3.35. The van der Waals surface area contributed by atoms with Crippen LogP contribution in [0.4, 0.5) is 5.69 Å². The molecular formula is C31H42N2O11. The molecule has 2 heterocycles. The van der Waals surface area contributed by atoms with Gasteiger partial charge in [-0.1, -0.05) is 18.2 Å². The number of benzene rings is 2. The Balaban J connectivity index is 0.000000345. The van der Waals surface area contributed by atoms with Crippen LogP contribution >= 0.6 is 0 Å². The number of aliphatic carboxylic acids is 3. The second-order valence-corrected chi connectivity index (χ2v) is 10.7. The molecule has 13 nitrogen and oxygen atoms in total. The normalized spacial score (nSPS) is 16.6. The first-order valence-corrected chi connectivity index (χ1v) is 14.4. The highest BCUT2D eigenvalue weighted by Crippen LogP contribution is 2.29. The van der Waals surface area contributed by atoms with E-state index < -0.39 is 36.4 Å². The molecule has 0 aliphatic carbocycles. The van der Waals surface area contributed by atoms with Crippen molar-refractivity contribution in [3.8, 4) is 11.5 Å². The minimum absolute atomic E-state index is 0.313. The van der Waals surface area contributed by atoms with Crippen LogP contribution in [0.25, 0.3) is 0 Å². The number of methoxy groups -OCH3 is 2. The standard InChI is InChI=1S/C25H34N2O4.C6H8O7/c1-28-24-10-7-21(16-25(24)29-2)18-26(19-23-4-3-13-31-23)17-20-5-8-22(9-6-20)27-11-14-30-15-12-27;7-3(8)1-6(13,5(11)12)2-4(9)10/h5-10,16,23H,3-4,11-15,17-19H2,1-2H3;13H,1-2H2,(H,7,8)(H,9,10)(H,11,12). The zero-order chi connectivity index (χ0) is 32.1. The van der Waals surface area contributed by atoms with Crippen molar-refractivity contribution >= 4 is 23.6 Å². The summed E-state index contributed by atoms with van der Waals surface area (Å²) in [5.74, 6) is -3.49. The number of nitrogens with zero attached hydrogens (tertiary/aromatic N) is 2. The Kier molecular flexibility index (Phi) is 13.2. The molecule has 2 aromatic carbocycles. The predicted octanol–water partition coefficient (Wildman–Crippen LogP) is 2.47. The van der Waals surface area contributed by atoms with E-state index in [0.717, 1.165) is 76.9 Å². The van der Waals surface area contributed by atoms with Crippen molar-refractivity contribution in [1.29, 1.82) is 0 Å². The van der Waals surface area contributed by atoms with Crippen LogP contribution in [-0.2, 0) is 36.9 Å². The van der Waals surface area contributed by atoms with E-state index in [-0.39, 0.29) is 0 Å². The van der Waals surface area contributed by atoms with Gasteiger partial charge in [0, 0.05) is 45.0 Å². The fraction of sp³-hybridized carbons (Fsp3) is 0.516. The largest absolute Gasteiger partial charge is 0.493 e. The van der Waals surface area contributed by atoms with Gasteiger partial charge in [-0.2, -0.15) is 0 Å². The van der Waals surface area contributed by atoms with E-state index in [4.69, 9.17) is 39.4 Å². The first kappa shape index (κ1) is 34.6. The van der Waals surface area contributed by atoms with Crippen LogP contribution in [-0.4, -0.2) is 109 Å². The van der Waals surface area contributed by atoms with Gasteiger partial charge in [0.05, 0.1) is 46.4 Å². The van der Waals surface area contributed by atoms with Crippen molar-refractivity contribution < 1.29 is 53.8 Å². The van der Waals surface area contributed by atoms with Crippen LogP contribution in [0, 0.1) is 0 Å². The van der Waals surface area contributed by atoms with Gasteiger partial charge >= 0.3 is 17.9 Å². The van der Waals surface area contributed by atoms with E-state index in [1.54, 1.807) is 14.2 Å². The molecule has 0 radical (unpaired) electrons. The smallest absolute Gasteiger partial charge is 0.336 e. The average Bonchev–Trinajstić information content (AvgIpc) is 3.50. The van der Waals surface area contributed by atoms with Crippen LogP contribution in [0.1, 0.15) is 36.8 Å². The molecule has 2 aliphatic heterocycles. The van der Waals surface area contributed by atoms with Gasteiger partial charge in [-0.25, -0.2) is 4.79 Å². The lowest BCUT2D eigenvalue weighted by Gasteiger charge is -2.29. The van der Waals surface area contributed by atoms with Gasteiger partial charge in [-0.05, 0) is 48.2 Å². The molecule has 0 spiro atoms. The van der Waals surface area contributed by atoms with Crippen LogP contribution in [0.3, 0.4) is 0 Å². The second kappa shape index (κ2) is 16.8. The molecule has 0 bridgehead atoms. The van der Waals surface area contributed by atoms with Crippen LogP contribution < -0.4 is 14.4 Å². The van der Waals surface area contributed by atoms with E-state index in [2.05, 4.69) is 46.2 Å². The van der Waals surface area contributed by atoms with Gasteiger partial charge in [0.15, 0.2) is 17.1 Å². The molecule has 4 N–H and O–H groups in total. The van der Waals surface area contributed by atoms with Crippen molar-refractivity contribution in [2.75, 3.05) is 58.6 Å². The number of morpholine rings is 1. The van der Waals surface area contributed by atoms with Crippen LogP contribution in [0.15, 0.2) is 42.5 Å². The summed E-state index contributed by atoms with van der Waals surface area (Å²) in [6.07, 6.45) is 0.317. The average molecular weight is 619 g/mol. The molecule has 4 rings (SSSR count). The molecule has 0 amide bonds. The van der Waals surface area contributed by atoms with Crippen molar-refractivity contribution in [2.45, 2.75) is 50.5 Å². The summed E-state index contributed by atoms with van der Waals surface area (Å²) >= 11 is 0. The molecule has 1 unspecified atom stereocenters. The second-order valence-electron chi connectivity index (χ2n) is 10.7. The Bertz CT molecular complexity index is 1210. The van der Waals surface area contributed by atoms with E-state index in [0.29, 0.717) is 6.10 Å². The van der Waals surface area contributed by atoms with E-state index in [9.17, 15) is 14.4 Å². The minimum atomic E-state index is -2.74. The lowest BCUT2D eigenvalue weighted by Crippen LogP contribution is -2.42. The molecule has 242 valence electrons. The maximum Gasteiger partial charge on any atom is 0.336 e. The molecule has 13 heteroatoms. The summed E-state index contributed by atoms with van der Waals surface area (Å²) in [6, 6.07) is 15.1. The number of carbonyl (C=O) groups is 3. The fourth-order valence-corrected chi connectivity index (χ4v) is 5.10. The van der Waals surface area contributed by atoms with Gasteiger partial charge in [-0.15, -0.1) is 0 Å². The highest BCUT2D eigenvalue weighted by Gasteiger charge is 2.40.